The number of benzene rings is 1. The highest BCUT2D eigenvalue weighted by atomic mass is 19.1. The Bertz CT molecular complexity index is 885. The quantitative estimate of drug-likeness (QED) is 0.810. The van der Waals surface area contributed by atoms with E-state index in [0.29, 0.717) is 37.4 Å². The van der Waals surface area contributed by atoms with Crippen LogP contribution in [0.3, 0.4) is 0 Å². The van der Waals surface area contributed by atoms with Gasteiger partial charge in [0.05, 0.1) is 11.7 Å². The molecule has 2 aromatic rings. The molecule has 2 amide bonds. The number of aryl methyl sites for hydroxylation is 2. The summed E-state index contributed by atoms with van der Waals surface area (Å²) in [5, 5.41) is 3.00. The number of amides is 2. The highest BCUT2D eigenvalue weighted by molar-refractivity contribution is 5.94. The van der Waals surface area contributed by atoms with E-state index in [1.807, 2.05) is 31.7 Å². The van der Waals surface area contributed by atoms with E-state index in [9.17, 15) is 14.0 Å². The summed E-state index contributed by atoms with van der Waals surface area (Å²) >= 11 is 0. The van der Waals surface area contributed by atoms with Crippen LogP contribution in [0.25, 0.3) is 0 Å². The number of urea groups is 1. The zero-order chi connectivity index (χ0) is 20.4. The zero-order valence-electron chi connectivity index (χ0n) is 16.7. The van der Waals surface area contributed by atoms with E-state index < -0.39 is 5.82 Å². The molecule has 0 bridgehead atoms. The number of nitrogens with zero attached hydrogens (tertiary/aromatic N) is 2. The minimum Gasteiger partial charge on any atom is -0.466 e. The number of furan rings is 1. The summed E-state index contributed by atoms with van der Waals surface area (Å²) in [6.45, 7) is 9.16. The topological polar surface area (TPSA) is 65.8 Å². The molecule has 28 heavy (non-hydrogen) atoms. The molecule has 0 spiro atoms. The first-order chi connectivity index (χ1) is 13.3. The number of Topliss-reactive ketones (excluding diaryl/α,β-unsaturated/α-hetero) is 1. The SMILES string of the molecule is CC(=O)c1ccc(N2CCN(C(=O)N[C@@H](C)c3cc(C)oc3C)CC2)c(F)c1. The molecule has 7 heteroatoms. The van der Waals surface area contributed by atoms with E-state index in [1.165, 1.54) is 13.0 Å². The number of nitrogens with one attached hydrogen (secondary N) is 1. The summed E-state index contributed by atoms with van der Waals surface area (Å²) in [5.41, 5.74) is 1.79. The smallest absolute Gasteiger partial charge is 0.317 e. The normalized spacial score (nSPS) is 15.5. The van der Waals surface area contributed by atoms with Gasteiger partial charge in [0.25, 0.3) is 0 Å². The van der Waals surface area contributed by atoms with Crippen molar-refractivity contribution in [3.05, 3.63) is 52.7 Å². The summed E-state index contributed by atoms with van der Waals surface area (Å²) in [4.78, 5) is 27.6. The first-order valence-electron chi connectivity index (χ1n) is 9.44. The predicted octanol–water partition coefficient (Wildman–Crippen LogP) is 3.83. The Morgan fingerprint density at radius 2 is 1.82 bits per heavy atom. The first-order valence-corrected chi connectivity index (χ1v) is 9.44. The van der Waals surface area contributed by atoms with Gasteiger partial charge in [-0.15, -0.1) is 0 Å². The summed E-state index contributed by atoms with van der Waals surface area (Å²) in [6, 6.07) is 6.18. The van der Waals surface area contributed by atoms with Crippen LogP contribution in [0.5, 0.6) is 0 Å². The molecular weight excluding hydrogens is 361 g/mol. The monoisotopic (exact) mass is 387 g/mol. The molecule has 1 aromatic carbocycles. The van der Waals surface area contributed by atoms with E-state index in [0.717, 1.165) is 17.1 Å². The van der Waals surface area contributed by atoms with Gasteiger partial charge in [-0.05, 0) is 52.0 Å². The van der Waals surface area contributed by atoms with Gasteiger partial charge < -0.3 is 19.5 Å². The van der Waals surface area contributed by atoms with Crippen LogP contribution in [-0.2, 0) is 0 Å². The highest BCUT2D eigenvalue weighted by Gasteiger charge is 2.25. The third kappa shape index (κ3) is 4.18. The van der Waals surface area contributed by atoms with Crippen molar-refractivity contribution in [2.45, 2.75) is 33.7 Å². The van der Waals surface area contributed by atoms with Crippen LogP contribution < -0.4 is 10.2 Å². The fraction of sp³-hybridized carbons (Fsp3) is 0.429. The van der Waals surface area contributed by atoms with Crippen molar-refractivity contribution in [3.63, 3.8) is 0 Å². The van der Waals surface area contributed by atoms with Gasteiger partial charge in [-0.25, -0.2) is 9.18 Å². The first kappa shape index (κ1) is 19.9. The lowest BCUT2D eigenvalue weighted by Gasteiger charge is -2.36. The molecule has 3 rings (SSSR count). The van der Waals surface area contributed by atoms with Crippen LogP contribution >= 0.6 is 0 Å². The fourth-order valence-corrected chi connectivity index (χ4v) is 3.57. The van der Waals surface area contributed by atoms with Crippen LogP contribution in [0.4, 0.5) is 14.9 Å². The number of carbonyl (C=O) groups is 2. The van der Waals surface area contributed by atoms with E-state index in [4.69, 9.17) is 4.42 Å². The average molecular weight is 387 g/mol. The number of piperazine rings is 1. The Balaban J connectivity index is 1.58. The number of anilines is 1. The van der Waals surface area contributed by atoms with Gasteiger partial charge in [-0.3, -0.25) is 4.79 Å². The second kappa shape index (κ2) is 8.04. The Morgan fingerprint density at radius 1 is 1.14 bits per heavy atom. The number of hydrogen-bond acceptors (Lipinski definition) is 4. The maximum atomic E-state index is 14.4. The third-order valence-corrected chi connectivity index (χ3v) is 5.15. The minimum atomic E-state index is -0.412. The molecule has 1 aliphatic heterocycles. The molecule has 1 N–H and O–H groups in total. The Kier molecular flexibility index (Phi) is 5.72. The summed E-state index contributed by atoms with van der Waals surface area (Å²) in [6.07, 6.45) is 0. The van der Waals surface area contributed by atoms with Crippen molar-refractivity contribution in [1.29, 1.82) is 0 Å². The number of hydrogen-bond donors (Lipinski definition) is 1. The van der Waals surface area contributed by atoms with Gasteiger partial charge in [-0.2, -0.15) is 0 Å². The van der Waals surface area contributed by atoms with Crippen molar-refractivity contribution in [3.8, 4) is 0 Å². The predicted molar refractivity (Wildman–Crippen MR) is 105 cm³/mol. The van der Waals surface area contributed by atoms with Gasteiger partial charge in [-0.1, -0.05) is 0 Å². The zero-order valence-corrected chi connectivity index (χ0v) is 16.7. The van der Waals surface area contributed by atoms with Gasteiger partial charge in [0.15, 0.2) is 5.78 Å². The van der Waals surface area contributed by atoms with Crippen molar-refractivity contribution < 1.29 is 18.4 Å². The van der Waals surface area contributed by atoms with Crippen molar-refractivity contribution in [2.24, 2.45) is 0 Å². The van der Waals surface area contributed by atoms with Gasteiger partial charge >= 0.3 is 6.03 Å². The van der Waals surface area contributed by atoms with E-state index in [2.05, 4.69) is 5.32 Å². The molecule has 0 radical (unpaired) electrons. The van der Waals surface area contributed by atoms with Crippen LogP contribution in [-0.4, -0.2) is 42.9 Å². The second-order valence-corrected chi connectivity index (χ2v) is 7.24. The second-order valence-electron chi connectivity index (χ2n) is 7.24. The molecule has 1 aromatic heterocycles. The van der Waals surface area contributed by atoms with Gasteiger partial charge in [0.2, 0.25) is 0 Å². The molecule has 150 valence electrons. The molecule has 0 unspecified atom stereocenters. The molecule has 1 saturated heterocycles. The maximum Gasteiger partial charge on any atom is 0.317 e. The lowest BCUT2D eigenvalue weighted by atomic mass is 10.1. The standard InChI is InChI=1S/C21H26FN3O3/c1-13-11-18(16(4)28-13)14(2)23-21(27)25-9-7-24(8-10-25)20-6-5-17(15(3)26)12-19(20)22/h5-6,11-12,14H,7-10H2,1-4H3,(H,23,27)/t14-/m0/s1. The van der Waals surface area contributed by atoms with Crippen molar-refractivity contribution in [1.82, 2.24) is 10.2 Å². The summed E-state index contributed by atoms with van der Waals surface area (Å²) in [5.74, 6) is 1.05. The Hall–Kier alpha value is -2.83. The Labute approximate surface area is 164 Å². The highest BCUT2D eigenvalue weighted by Crippen LogP contribution is 2.24. The molecule has 1 aliphatic rings. The van der Waals surface area contributed by atoms with Crippen LogP contribution in [0.1, 0.15) is 47.3 Å². The molecule has 0 saturated carbocycles. The molecule has 0 aliphatic carbocycles. The summed E-state index contributed by atoms with van der Waals surface area (Å²) < 4.78 is 19.9. The molecule has 2 heterocycles. The molecular formula is C21H26FN3O3. The maximum absolute atomic E-state index is 14.4. The number of ketones is 1. The van der Waals surface area contributed by atoms with E-state index >= 15 is 0 Å². The molecule has 1 fully saturated rings. The van der Waals surface area contributed by atoms with Crippen LogP contribution in [0.2, 0.25) is 0 Å². The van der Waals surface area contributed by atoms with E-state index in [1.54, 1.807) is 17.0 Å². The lowest BCUT2D eigenvalue weighted by Crippen LogP contribution is -2.52. The fourth-order valence-electron chi connectivity index (χ4n) is 3.57. The average Bonchev–Trinajstić information content (AvgIpc) is 3.00. The molecule has 1 atom stereocenters. The van der Waals surface area contributed by atoms with Crippen LogP contribution in [0, 0.1) is 19.7 Å². The van der Waals surface area contributed by atoms with E-state index in [-0.39, 0.29) is 17.9 Å². The largest absolute Gasteiger partial charge is 0.466 e. The minimum absolute atomic E-state index is 0.141. The third-order valence-electron chi connectivity index (χ3n) is 5.15. The van der Waals surface area contributed by atoms with Crippen LogP contribution in [0.15, 0.2) is 28.7 Å². The molecule has 6 nitrogen and oxygen atoms in total. The van der Waals surface area contributed by atoms with Crippen molar-refractivity contribution >= 4 is 17.5 Å². The number of rotatable bonds is 4. The number of halogens is 1. The summed E-state index contributed by atoms with van der Waals surface area (Å²) in [7, 11) is 0. The number of carbonyl (C=O) groups excluding carboxylic acids is 2. The lowest BCUT2D eigenvalue weighted by molar-refractivity contribution is 0.101. The van der Waals surface area contributed by atoms with Crippen molar-refractivity contribution in [2.75, 3.05) is 31.1 Å². The Morgan fingerprint density at radius 3 is 2.36 bits per heavy atom. The van der Waals surface area contributed by atoms with Gasteiger partial charge in [0.1, 0.15) is 17.3 Å². The van der Waals surface area contributed by atoms with Gasteiger partial charge in [0, 0.05) is 37.3 Å².